The average molecular weight is 305 g/mol. The number of nitrogens with one attached hydrogen (secondary N) is 2. The third kappa shape index (κ3) is 4.59. The van der Waals surface area contributed by atoms with Crippen LogP contribution < -0.4 is 15.4 Å². The van der Waals surface area contributed by atoms with Crippen molar-refractivity contribution in [1.29, 1.82) is 0 Å². The molecule has 22 heavy (non-hydrogen) atoms. The van der Waals surface area contributed by atoms with Gasteiger partial charge >= 0.3 is 0 Å². The SMILES string of the molecule is CCN1CCCC1CNC(=NC)NCc1ccc(OC)nc1. The second-order valence-electron chi connectivity index (χ2n) is 5.44. The highest BCUT2D eigenvalue weighted by Crippen LogP contribution is 2.15. The number of hydrogen-bond acceptors (Lipinski definition) is 4. The number of aromatic nitrogens is 1. The number of methoxy groups -OCH3 is 1. The Hall–Kier alpha value is -1.82. The van der Waals surface area contributed by atoms with Crippen molar-refractivity contribution in [3.63, 3.8) is 0 Å². The van der Waals surface area contributed by atoms with Crippen molar-refractivity contribution in [1.82, 2.24) is 20.5 Å². The lowest BCUT2D eigenvalue weighted by Gasteiger charge is -2.24. The van der Waals surface area contributed by atoms with Crippen LogP contribution in [0, 0.1) is 0 Å². The lowest BCUT2D eigenvalue weighted by atomic mass is 10.2. The maximum atomic E-state index is 5.06. The van der Waals surface area contributed by atoms with Gasteiger partial charge in [-0.15, -0.1) is 0 Å². The van der Waals surface area contributed by atoms with Crippen molar-refractivity contribution in [3.8, 4) is 5.88 Å². The van der Waals surface area contributed by atoms with E-state index in [1.807, 2.05) is 18.3 Å². The molecule has 1 aliphatic heterocycles. The predicted molar refractivity (Wildman–Crippen MR) is 89.3 cm³/mol. The molecule has 1 unspecified atom stereocenters. The molecular weight excluding hydrogens is 278 g/mol. The van der Waals surface area contributed by atoms with E-state index in [1.54, 1.807) is 14.2 Å². The lowest BCUT2D eigenvalue weighted by Crippen LogP contribution is -2.44. The van der Waals surface area contributed by atoms with Gasteiger partial charge in [-0.1, -0.05) is 13.0 Å². The van der Waals surface area contributed by atoms with E-state index in [0.29, 0.717) is 18.5 Å². The van der Waals surface area contributed by atoms with Gasteiger partial charge in [0.25, 0.3) is 0 Å². The van der Waals surface area contributed by atoms with Gasteiger partial charge in [0.15, 0.2) is 5.96 Å². The van der Waals surface area contributed by atoms with Gasteiger partial charge in [0.2, 0.25) is 5.88 Å². The van der Waals surface area contributed by atoms with Crippen molar-refractivity contribution in [3.05, 3.63) is 23.9 Å². The Kier molecular flexibility index (Phi) is 6.45. The molecule has 1 fully saturated rings. The summed E-state index contributed by atoms with van der Waals surface area (Å²) < 4.78 is 5.06. The Bertz CT molecular complexity index is 474. The van der Waals surface area contributed by atoms with Gasteiger partial charge in [0.1, 0.15) is 0 Å². The Morgan fingerprint density at radius 1 is 1.45 bits per heavy atom. The van der Waals surface area contributed by atoms with Crippen LogP contribution in [0.2, 0.25) is 0 Å². The third-order valence-electron chi connectivity index (χ3n) is 4.10. The number of nitrogens with zero attached hydrogens (tertiary/aromatic N) is 3. The van der Waals surface area contributed by atoms with Crippen molar-refractivity contribution < 1.29 is 4.74 Å². The number of aliphatic imine (C=N–C) groups is 1. The molecule has 0 aliphatic carbocycles. The molecule has 1 aliphatic rings. The van der Waals surface area contributed by atoms with Crippen LogP contribution in [-0.2, 0) is 6.54 Å². The van der Waals surface area contributed by atoms with Crippen LogP contribution in [0.5, 0.6) is 5.88 Å². The van der Waals surface area contributed by atoms with Crippen LogP contribution in [0.1, 0.15) is 25.3 Å². The minimum Gasteiger partial charge on any atom is -0.481 e. The number of likely N-dealkylation sites (tertiary alicyclic amines) is 1. The van der Waals surface area contributed by atoms with Gasteiger partial charge < -0.3 is 15.4 Å². The quantitative estimate of drug-likeness (QED) is 0.612. The van der Waals surface area contributed by atoms with Gasteiger partial charge in [-0.3, -0.25) is 9.89 Å². The van der Waals surface area contributed by atoms with Crippen LogP contribution in [0.3, 0.4) is 0 Å². The molecule has 0 bridgehead atoms. The Morgan fingerprint density at radius 2 is 2.32 bits per heavy atom. The Labute approximate surface area is 133 Å². The zero-order chi connectivity index (χ0) is 15.8. The smallest absolute Gasteiger partial charge is 0.212 e. The number of likely N-dealkylation sites (N-methyl/N-ethyl adjacent to an activating group) is 1. The molecule has 1 atom stereocenters. The molecule has 0 radical (unpaired) electrons. The molecule has 2 heterocycles. The molecule has 6 nitrogen and oxygen atoms in total. The van der Waals surface area contributed by atoms with Gasteiger partial charge in [0, 0.05) is 38.4 Å². The first kappa shape index (κ1) is 16.5. The van der Waals surface area contributed by atoms with E-state index < -0.39 is 0 Å². The largest absolute Gasteiger partial charge is 0.481 e. The number of pyridine rings is 1. The van der Waals surface area contributed by atoms with E-state index in [1.165, 1.54) is 19.4 Å². The van der Waals surface area contributed by atoms with E-state index in [9.17, 15) is 0 Å². The van der Waals surface area contributed by atoms with E-state index in [2.05, 4.69) is 32.4 Å². The fraction of sp³-hybridized carbons (Fsp3) is 0.625. The second-order valence-corrected chi connectivity index (χ2v) is 5.44. The summed E-state index contributed by atoms with van der Waals surface area (Å²) in [5.74, 6) is 1.46. The summed E-state index contributed by atoms with van der Waals surface area (Å²) in [5.41, 5.74) is 1.10. The van der Waals surface area contributed by atoms with Crippen molar-refractivity contribution in [2.24, 2.45) is 4.99 Å². The number of ether oxygens (including phenoxy) is 1. The van der Waals surface area contributed by atoms with Crippen molar-refractivity contribution in [2.45, 2.75) is 32.4 Å². The van der Waals surface area contributed by atoms with Crippen LogP contribution in [0.15, 0.2) is 23.3 Å². The molecule has 0 saturated carbocycles. The molecular formula is C16H27N5O. The molecule has 1 saturated heterocycles. The molecule has 1 aromatic heterocycles. The highest BCUT2D eigenvalue weighted by atomic mass is 16.5. The minimum absolute atomic E-state index is 0.617. The highest BCUT2D eigenvalue weighted by Gasteiger charge is 2.22. The van der Waals surface area contributed by atoms with Gasteiger partial charge in [-0.05, 0) is 31.5 Å². The van der Waals surface area contributed by atoms with Gasteiger partial charge in [-0.2, -0.15) is 0 Å². The maximum absolute atomic E-state index is 5.06. The van der Waals surface area contributed by atoms with E-state index in [0.717, 1.165) is 24.6 Å². The van der Waals surface area contributed by atoms with Crippen molar-refractivity contribution in [2.75, 3.05) is 33.8 Å². The zero-order valence-electron chi connectivity index (χ0n) is 13.8. The Balaban J connectivity index is 1.77. The summed E-state index contributed by atoms with van der Waals surface area (Å²) >= 11 is 0. The van der Waals surface area contributed by atoms with E-state index >= 15 is 0 Å². The van der Waals surface area contributed by atoms with E-state index in [4.69, 9.17) is 4.74 Å². The molecule has 1 aromatic rings. The topological polar surface area (TPSA) is 61.8 Å². The number of hydrogen-bond donors (Lipinski definition) is 2. The fourth-order valence-corrected chi connectivity index (χ4v) is 2.80. The second kappa shape index (κ2) is 8.58. The molecule has 0 spiro atoms. The minimum atomic E-state index is 0.617. The summed E-state index contributed by atoms with van der Waals surface area (Å²) in [5, 5.41) is 6.74. The summed E-state index contributed by atoms with van der Waals surface area (Å²) in [6.45, 7) is 6.19. The summed E-state index contributed by atoms with van der Waals surface area (Å²) in [4.78, 5) is 11.0. The van der Waals surface area contributed by atoms with Gasteiger partial charge in [0.05, 0.1) is 7.11 Å². The maximum Gasteiger partial charge on any atom is 0.212 e. The molecule has 2 rings (SSSR count). The van der Waals surface area contributed by atoms with Crippen LogP contribution in [0.4, 0.5) is 0 Å². The fourth-order valence-electron chi connectivity index (χ4n) is 2.80. The third-order valence-corrected chi connectivity index (χ3v) is 4.10. The summed E-state index contributed by atoms with van der Waals surface area (Å²) in [7, 11) is 3.42. The molecule has 2 N–H and O–H groups in total. The summed E-state index contributed by atoms with van der Waals surface area (Å²) in [6.07, 6.45) is 4.37. The first-order valence-corrected chi connectivity index (χ1v) is 7.94. The first-order valence-electron chi connectivity index (χ1n) is 7.94. The molecule has 0 aromatic carbocycles. The van der Waals surface area contributed by atoms with Crippen LogP contribution in [-0.4, -0.2) is 55.7 Å². The van der Waals surface area contributed by atoms with Crippen LogP contribution in [0.25, 0.3) is 0 Å². The summed E-state index contributed by atoms with van der Waals surface area (Å²) in [6, 6.07) is 4.48. The van der Waals surface area contributed by atoms with Crippen molar-refractivity contribution >= 4 is 5.96 Å². The van der Waals surface area contributed by atoms with Gasteiger partial charge in [-0.25, -0.2) is 4.98 Å². The average Bonchev–Trinajstić information content (AvgIpc) is 3.03. The molecule has 122 valence electrons. The molecule has 0 amide bonds. The number of guanidine groups is 1. The van der Waals surface area contributed by atoms with Crippen LogP contribution >= 0.6 is 0 Å². The molecule has 6 heteroatoms. The first-order chi connectivity index (χ1) is 10.8. The predicted octanol–water partition coefficient (Wildman–Crippen LogP) is 1.24. The Morgan fingerprint density at radius 3 is 2.95 bits per heavy atom. The zero-order valence-corrected chi connectivity index (χ0v) is 13.8. The number of rotatable bonds is 6. The highest BCUT2D eigenvalue weighted by molar-refractivity contribution is 5.79. The standard InChI is InChI=1S/C16H27N5O/c1-4-21-9-5-6-14(21)12-20-16(17-2)19-11-13-7-8-15(22-3)18-10-13/h7-8,10,14H,4-6,9,11-12H2,1-3H3,(H2,17,19,20). The normalized spacial score (nSPS) is 19.2. The monoisotopic (exact) mass is 305 g/mol. The van der Waals surface area contributed by atoms with E-state index in [-0.39, 0.29) is 0 Å². The lowest BCUT2D eigenvalue weighted by molar-refractivity contribution is 0.267.